The molecule has 2 aliphatic rings. The standard InChI is InChI=1S/C28H45N7O5S/c1-28(2,3)40-27(39)34-15-10-19(11-16-34)8-9-20-6-5-14-35(25(20)38)18-22(36)33-21(7-4-12-32-26(29)30)23(37)24-31-13-17-41-24/h13,17,19-21H,4-12,14-16,18H2,1-3H3,(H,33,36)(H4,29,30,32)/t20?,21-/m0/s1. The van der Waals surface area contributed by atoms with E-state index in [1.54, 1.807) is 21.4 Å². The van der Waals surface area contributed by atoms with E-state index >= 15 is 0 Å². The molecule has 0 spiro atoms. The van der Waals surface area contributed by atoms with Crippen LogP contribution >= 0.6 is 11.3 Å². The maximum absolute atomic E-state index is 13.3. The smallest absolute Gasteiger partial charge is 0.410 e. The Labute approximate surface area is 246 Å². The maximum atomic E-state index is 13.3. The molecule has 5 N–H and O–H groups in total. The van der Waals surface area contributed by atoms with E-state index in [0.717, 1.165) is 38.5 Å². The van der Waals surface area contributed by atoms with Crippen LogP contribution in [-0.2, 0) is 14.3 Å². The zero-order valence-electron chi connectivity index (χ0n) is 24.5. The van der Waals surface area contributed by atoms with Crippen molar-refractivity contribution in [2.45, 2.75) is 83.8 Å². The van der Waals surface area contributed by atoms with Gasteiger partial charge in [0.2, 0.25) is 17.6 Å². The number of nitrogens with zero attached hydrogens (tertiary/aromatic N) is 4. The molecule has 3 rings (SSSR count). The number of nitrogens with one attached hydrogen (secondary N) is 1. The highest BCUT2D eigenvalue weighted by Gasteiger charge is 2.33. The first-order valence-corrected chi connectivity index (χ1v) is 15.4. The van der Waals surface area contributed by atoms with Gasteiger partial charge in [-0.05, 0) is 78.1 Å². The number of amides is 3. The first-order valence-electron chi connectivity index (χ1n) is 14.5. The monoisotopic (exact) mass is 591 g/mol. The fraction of sp³-hybridized carbons (Fsp3) is 0.714. The van der Waals surface area contributed by atoms with Gasteiger partial charge in [-0.1, -0.05) is 0 Å². The van der Waals surface area contributed by atoms with Gasteiger partial charge in [0.15, 0.2) is 11.0 Å². The number of aromatic nitrogens is 1. The van der Waals surface area contributed by atoms with Crippen molar-refractivity contribution in [2.75, 3.05) is 32.7 Å². The fourth-order valence-electron chi connectivity index (χ4n) is 5.29. The van der Waals surface area contributed by atoms with Crippen molar-refractivity contribution in [2.24, 2.45) is 28.3 Å². The second-order valence-corrected chi connectivity index (χ2v) is 12.8. The summed E-state index contributed by atoms with van der Waals surface area (Å²) in [5, 5.41) is 4.85. The van der Waals surface area contributed by atoms with Gasteiger partial charge in [0.25, 0.3) is 0 Å². The molecule has 1 aromatic heterocycles. The molecule has 0 radical (unpaired) electrons. The van der Waals surface area contributed by atoms with Crippen LogP contribution in [-0.4, -0.2) is 88.8 Å². The summed E-state index contributed by atoms with van der Waals surface area (Å²) in [6, 6.07) is -0.773. The number of rotatable bonds is 12. The van der Waals surface area contributed by atoms with Gasteiger partial charge in [-0.25, -0.2) is 9.78 Å². The van der Waals surface area contributed by atoms with Crippen LogP contribution in [0.3, 0.4) is 0 Å². The van der Waals surface area contributed by atoms with Crippen molar-refractivity contribution in [3.8, 4) is 0 Å². The molecule has 228 valence electrons. The Bertz CT molecular complexity index is 1060. The van der Waals surface area contributed by atoms with Crippen LogP contribution in [0.15, 0.2) is 16.6 Å². The molecular weight excluding hydrogens is 546 g/mol. The zero-order valence-corrected chi connectivity index (χ0v) is 25.3. The topological polar surface area (TPSA) is 173 Å². The van der Waals surface area contributed by atoms with E-state index in [2.05, 4.69) is 15.3 Å². The number of hydrogen-bond donors (Lipinski definition) is 3. The lowest BCUT2D eigenvalue weighted by atomic mass is 9.85. The Morgan fingerprint density at radius 1 is 1.17 bits per heavy atom. The van der Waals surface area contributed by atoms with Gasteiger partial charge in [-0.3, -0.25) is 19.4 Å². The second kappa shape index (κ2) is 15.1. The Kier molecular flexibility index (Phi) is 11.9. The number of thiazole rings is 1. The zero-order chi connectivity index (χ0) is 30.0. The van der Waals surface area contributed by atoms with E-state index < -0.39 is 11.6 Å². The number of likely N-dealkylation sites (tertiary alicyclic amines) is 2. The normalized spacial score (nSPS) is 19.0. The van der Waals surface area contributed by atoms with E-state index in [0.29, 0.717) is 49.9 Å². The van der Waals surface area contributed by atoms with Gasteiger partial charge >= 0.3 is 6.09 Å². The minimum Gasteiger partial charge on any atom is -0.444 e. The molecule has 2 atom stereocenters. The van der Waals surface area contributed by atoms with E-state index in [1.165, 1.54) is 11.3 Å². The lowest BCUT2D eigenvalue weighted by Crippen LogP contribution is -2.50. The number of carbonyl (C=O) groups is 4. The first kappa shape index (κ1) is 32.3. The number of nitrogens with two attached hydrogens (primary N) is 2. The lowest BCUT2D eigenvalue weighted by Gasteiger charge is -2.35. The number of ether oxygens (including phenoxy) is 1. The summed E-state index contributed by atoms with van der Waals surface area (Å²) in [6.07, 6.45) is 7.25. The quantitative estimate of drug-likeness (QED) is 0.144. The number of piperidine rings is 2. The van der Waals surface area contributed by atoms with Gasteiger partial charge in [-0.2, -0.15) is 0 Å². The molecular formula is C28H45N7O5S. The van der Waals surface area contributed by atoms with E-state index in [9.17, 15) is 19.2 Å². The van der Waals surface area contributed by atoms with Gasteiger partial charge in [-0.15, -0.1) is 11.3 Å². The van der Waals surface area contributed by atoms with Gasteiger partial charge in [0.1, 0.15) is 5.60 Å². The number of Topliss-reactive ketones (excluding diaryl/α,β-unsaturated/α-hetero) is 1. The highest BCUT2D eigenvalue weighted by molar-refractivity contribution is 7.11. The van der Waals surface area contributed by atoms with Gasteiger partial charge in [0, 0.05) is 43.7 Å². The van der Waals surface area contributed by atoms with Crippen molar-refractivity contribution >= 4 is 41.0 Å². The molecule has 0 aliphatic carbocycles. The van der Waals surface area contributed by atoms with Crippen molar-refractivity contribution in [1.29, 1.82) is 0 Å². The van der Waals surface area contributed by atoms with Crippen molar-refractivity contribution in [3.63, 3.8) is 0 Å². The summed E-state index contributed by atoms with van der Waals surface area (Å²) in [7, 11) is 0. The average molecular weight is 592 g/mol. The summed E-state index contributed by atoms with van der Waals surface area (Å²) in [5.74, 6) is -0.331. The molecule has 3 amide bonds. The van der Waals surface area contributed by atoms with Crippen LogP contribution in [0.1, 0.15) is 81.9 Å². The van der Waals surface area contributed by atoms with E-state index in [4.69, 9.17) is 16.2 Å². The number of hydrogen-bond acceptors (Lipinski definition) is 8. The Balaban J connectivity index is 1.47. The number of aliphatic imine (C=N–C) groups is 1. The third kappa shape index (κ3) is 10.6. The molecule has 2 fully saturated rings. The van der Waals surface area contributed by atoms with E-state index in [-0.39, 0.29) is 42.1 Å². The van der Waals surface area contributed by atoms with Crippen LogP contribution < -0.4 is 16.8 Å². The lowest BCUT2D eigenvalue weighted by molar-refractivity contribution is -0.142. The van der Waals surface area contributed by atoms with Crippen LogP contribution in [0.5, 0.6) is 0 Å². The van der Waals surface area contributed by atoms with Crippen molar-refractivity contribution < 1.29 is 23.9 Å². The predicted octanol–water partition coefficient (Wildman–Crippen LogP) is 2.53. The molecule has 12 nitrogen and oxygen atoms in total. The Hall–Kier alpha value is -3.22. The summed E-state index contributed by atoms with van der Waals surface area (Å²) in [5.41, 5.74) is 10.3. The summed E-state index contributed by atoms with van der Waals surface area (Å²) in [6.45, 7) is 7.70. The molecule has 1 unspecified atom stereocenters. The SMILES string of the molecule is CC(C)(C)OC(=O)N1CCC(CCC2CCCN(CC(=O)N[C@@H](CCCN=C(N)N)C(=O)c3nccs3)C2=O)CC1. The minimum absolute atomic E-state index is 0.00634. The second-order valence-electron chi connectivity index (χ2n) is 11.9. The van der Waals surface area contributed by atoms with Crippen molar-refractivity contribution in [3.05, 3.63) is 16.6 Å². The molecule has 3 heterocycles. The molecule has 2 saturated heterocycles. The Morgan fingerprint density at radius 2 is 1.90 bits per heavy atom. The van der Waals surface area contributed by atoms with Crippen LogP contribution in [0, 0.1) is 11.8 Å². The summed E-state index contributed by atoms with van der Waals surface area (Å²) >= 11 is 1.22. The molecule has 1 aromatic rings. The first-order chi connectivity index (χ1) is 19.4. The molecule has 0 aromatic carbocycles. The number of guanidine groups is 1. The third-order valence-corrected chi connectivity index (χ3v) is 8.19. The average Bonchev–Trinajstić information content (AvgIpc) is 3.45. The predicted molar refractivity (Wildman–Crippen MR) is 157 cm³/mol. The molecule has 2 aliphatic heterocycles. The highest BCUT2D eigenvalue weighted by Crippen LogP contribution is 2.29. The molecule has 41 heavy (non-hydrogen) atoms. The van der Waals surface area contributed by atoms with Crippen LogP contribution in [0.25, 0.3) is 0 Å². The molecule has 13 heteroatoms. The minimum atomic E-state index is -0.773. The number of ketones is 1. The largest absolute Gasteiger partial charge is 0.444 e. The van der Waals surface area contributed by atoms with Crippen molar-refractivity contribution in [1.82, 2.24) is 20.1 Å². The fourth-order valence-corrected chi connectivity index (χ4v) is 5.92. The summed E-state index contributed by atoms with van der Waals surface area (Å²) in [4.78, 5) is 62.9. The van der Waals surface area contributed by atoms with Crippen LogP contribution in [0.2, 0.25) is 0 Å². The van der Waals surface area contributed by atoms with Gasteiger partial charge in [0.05, 0.1) is 12.6 Å². The highest BCUT2D eigenvalue weighted by atomic mass is 32.1. The Morgan fingerprint density at radius 3 is 2.54 bits per heavy atom. The van der Waals surface area contributed by atoms with Crippen LogP contribution in [0.4, 0.5) is 4.79 Å². The molecule has 0 bridgehead atoms. The number of carbonyl (C=O) groups excluding carboxylic acids is 4. The van der Waals surface area contributed by atoms with Gasteiger partial charge < -0.3 is 31.3 Å². The maximum Gasteiger partial charge on any atom is 0.410 e. The molecule has 0 saturated carbocycles. The third-order valence-electron chi connectivity index (χ3n) is 7.41. The summed E-state index contributed by atoms with van der Waals surface area (Å²) < 4.78 is 5.48. The van der Waals surface area contributed by atoms with E-state index in [1.807, 2.05) is 20.8 Å².